The Kier molecular flexibility index (Phi) is 6.51. The fraction of sp³-hybridized carbons (Fsp3) is 0.304. The molecule has 0 radical (unpaired) electrons. The van der Waals surface area contributed by atoms with Crippen LogP contribution in [0.15, 0.2) is 71.3 Å². The minimum absolute atomic E-state index is 0.0669. The third-order valence-electron chi connectivity index (χ3n) is 5.44. The highest BCUT2D eigenvalue weighted by molar-refractivity contribution is 7.89. The van der Waals surface area contributed by atoms with Crippen molar-refractivity contribution in [2.24, 2.45) is 0 Å². The fourth-order valence-electron chi connectivity index (χ4n) is 3.93. The highest BCUT2D eigenvalue weighted by atomic mass is 32.2. The number of para-hydroxylation sites is 2. The quantitative estimate of drug-likeness (QED) is 0.382. The summed E-state index contributed by atoms with van der Waals surface area (Å²) >= 11 is 0. The molecule has 2 aromatic carbocycles. The molecule has 176 valence electrons. The van der Waals surface area contributed by atoms with Gasteiger partial charge in [-0.05, 0) is 24.3 Å². The lowest BCUT2D eigenvalue weighted by atomic mass is 10.2. The zero-order valence-corrected chi connectivity index (χ0v) is 18.4. The smallest absolute Gasteiger partial charge is 0.390 e. The number of aliphatic hydroxyl groups is 1. The standard InChI is InChI=1S/C23H23F3N2O4S/c24-23(25,26)11-13-33(30,31)27(16-18-6-5-12-32-18)14-17(29)15-28-21-9-3-1-7-19(21)20-8-2-4-10-22(20)28/h1-10,12,17,29H,11,13-16H2. The van der Waals surface area contributed by atoms with Gasteiger partial charge in [0, 0.05) is 28.4 Å². The number of hydrogen-bond acceptors (Lipinski definition) is 4. The highest BCUT2D eigenvalue weighted by Gasteiger charge is 2.33. The summed E-state index contributed by atoms with van der Waals surface area (Å²) in [4.78, 5) is 0. The zero-order chi connectivity index (χ0) is 23.6. The van der Waals surface area contributed by atoms with E-state index in [0.717, 1.165) is 26.1 Å². The van der Waals surface area contributed by atoms with Crippen LogP contribution in [0.25, 0.3) is 21.8 Å². The Morgan fingerprint density at radius 3 is 2.12 bits per heavy atom. The topological polar surface area (TPSA) is 75.7 Å². The van der Waals surface area contributed by atoms with Gasteiger partial charge in [-0.15, -0.1) is 0 Å². The van der Waals surface area contributed by atoms with Gasteiger partial charge in [-0.25, -0.2) is 8.42 Å². The number of rotatable bonds is 9. The first-order chi connectivity index (χ1) is 15.6. The fourth-order valence-corrected chi connectivity index (χ4v) is 5.40. The number of furan rings is 1. The van der Waals surface area contributed by atoms with Gasteiger partial charge in [-0.3, -0.25) is 0 Å². The summed E-state index contributed by atoms with van der Waals surface area (Å²) in [5.74, 6) is -0.825. The lowest BCUT2D eigenvalue weighted by Gasteiger charge is -2.25. The molecular formula is C23H23F3N2O4S. The van der Waals surface area contributed by atoms with Crippen molar-refractivity contribution in [3.8, 4) is 0 Å². The van der Waals surface area contributed by atoms with E-state index in [9.17, 15) is 26.7 Å². The summed E-state index contributed by atoms with van der Waals surface area (Å²) in [5.41, 5.74) is 1.74. The van der Waals surface area contributed by atoms with Gasteiger partial charge in [-0.1, -0.05) is 36.4 Å². The maximum atomic E-state index is 12.7. The molecule has 4 aromatic rings. The van der Waals surface area contributed by atoms with E-state index in [0.29, 0.717) is 0 Å². The van der Waals surface area contributed by atoms with Gasteiger partial charge in [0.05, 0.1) is 37.6 Å². The largest absolute Gasteiger partial charge is 0.468 e. The van der Waals surface area contributed by atoms with Gasteiger partial charge >= 0.3 is 6.18 Å². The molecule has 1 N–H and O–H groups in total. The van der Waals surface area contributed by atoms with E-state index >= 15 is 0 Å². The molecular weight excluding hydrogens is 457 g/mol. The Hall–Kier alpha value is -2.82. The Morgan fingerprint density at radius 2 is 1.58 bits per heavy atom. The minimum Gasteiger partial charge on any atom is -0.468 e. The Labute approximate surface area is 188 Å². The summed E-state index contributed by atoms with van der Waals surface area (Å²) in [5, 5.41) is 12.8. The van der Waals surface area contributed by atoms with E-state index in [1.165, 1.54) is 12.3 Å². The van der Waals surface area contributed by atoms with Gasteiger partial charge < -0.3 is 14.1 Å². The van der Waals surface area contributed by atoms with Gasteiger partial charge in [0.1, 0.15) is 5.76 Å². The van der Waals surface area contributed by atoms with E-state index in [4.69, 9.17) is 4.42 Å². The zero-order valence-electron chi connectivity index (χ0n) is 17.6. The summed E-state index contributed by atoms with van der Waals surface area (Å²) in [6.45, 7) is -0.573. The van der Waals surface area contributed by atoms with Crippen molar-refractivity contribution >= 4 is 31.8 Å². The summed E-state index contributed by atoms with van der Waals surface area (Å²) in [6.07, 6.45) is -5.89. The van der Waals surface area contributed by atoms with Crippen molar-refractivity contribution in [1.29, 1.82) is 0 Å². The van der Waals surface area contributed by atoms with Crippen LogP contribution in [0.4, 0.5) is 13.2 Å². The van der Waals surface area contributed by atoms with Crippen LogP contribution in [0, 0.1) is 0 Å². The van der Waals surface area contributed by atoms with Crippen LogP contribution in [-0.4, -0.2) is 47.0 Å². The Balaban J connectivity index is 1.60. The first-order valence-electron chi connectivity index (χ1n) is 10.3. The van der Waals surface area contributed by atoms with Crippen LogP contribution >= 0.6 is 0 Å². The number of nitrogens with zero attached hydrogens (tertiary/aromatic N) is 2. The van der Waals surface area contributed by atoms with Gasteiger partial charge in [0.2, 0.25) is 10.0 Å². The average Bonchev–Trinajstić information content (AvgIpc) is 3.39. The molecule has 2 heterocycles. The molecule has 0 aliphatic rings. The summed E-state index contributed by atoms with van der Waals surface area (Å²) in [6, 6.07) is 18.4. The van der Waals surface area contributed by atoms with Crippen LogP contribution in [0.1, 0.15) is 12.2 Å². The van der Waals surface area contributed by atoms with E-state index in [1.807, 2.05) is 53.1 Å². The van der Waals surface area contributed by atoms with E-state index < -0.39 is 34.5 Å². The molecule has 0 fully saturated rings. The van der Waals surface area contributed by atoms with Crippen LogP contribution < -0.4 is 0 Å². The number of alkyl halides is 3. The molecule has 4 rings (SSSR count). The third kappa shape index (κ3) is 5.40. The number of halogens is 3. The average molecular weight is 481 g/mol. The molecule has 10 heteroatoms. The maximum Gasteiger partial charge on any atom is 0.390 e. The number of aromatic nitrogens is 1. The SMILES string of the molecule is O=S(=O)(CCC(F)(F)F)N(Cc1ccco1)CC(O)Cn1c2ccccc2c2ccccc21. The van der Waals surface area contributed by atoms with Crippen LogP contribution in [0.3, 0.4) is 0 Å². The molecule has 2 aromatic heterocycles. The first-order valence-corrected chi connectivity index (χ1v) is 12.0. The van der Waals surface area contributed by atoms with Gasteiger partial charge in [0.15, 0.2) is 0 Å². The number of fused-ring (bicyclic) bond motifs is 3. The van der Waals surface area contributed by atoms with Crippen LogP contribution in [-0.2, 0) is 23.1 Å². The van der Waals surface area contributed by atoms with Crippen molar-refractivity contribution in [3.05, 3.63) is 72.7 Å². The third-order valence-corrected chi connectivity index (χ3v) is 7.22. The number of benzene rings is 2. The molecule has 0 saturated carbocycles. The van der Waals surface area contributed by atoms with Gasteiger partial charge in [0.25, 0.3) is 0 Å². The summed E-state index contributed by atoms with van der Waals surface area (Å²) < 4.78 is 71.5. The molecule has 1 atom stereocenters. The van der Waals surface area contributed by atoms with Crippen molar-refractivity contribution in [2.45, 2.75) is 31.8 Å². The monoisotopic (exact) mass is 480 g/mol. The Morgan fingerprint density at radius 1 is 0.970 bits per heavy atom. The predicted octanol–water partition coefficient (Wildman–Crippen LogP) is 4.53. The second-order valence-electron chi connectivity index (χ2n) is 7.85. The number of aliphatic hydroxyl groups excluding tert-OH is 1. The predicted molar refractivity (Wildman–Crippen MR) is 119 cm³/mol. The molecule has 0 amide bonds. The van der Waals surface area contributed by atoms with Crippen molar-refractivity contribution in [1.82, 2.24) is 8.87 Å². The molecule has 0 aliphatic heterocycles. The summed E-state index contributed by atoms with van der Waals surface area (Å²) in [7, 11) is -4.31. The second-order valence-corrected chi connectivity index (χ2v) is 9.94. The highest BCUT2D eigenvalue weighted by Crippen LogP contribution is 2.29. The molecule has 33 heavy (non-hydrogen) atoms. The number of hydrogen-bond donors (Lipinski definition) is 1. The van der Waals surface area contributed by atoms with Gasteiger partial charge in [-0.2, -0.15) is 17.5 Å². The molecule has 0 bridgehead atoms. The van der Waals surface area contributed by atoms with E-state index in [1.54, 1.807) is 6.07 Å². The molecule has 6 nitrogen and oxygen atoms in total. The second kappa shape index (κ2) is 9.20. The molecule has 0 saturated heterocycles. The molecule has 0 spiro atoms. The maximum absolute atomic E-state index is 12.7. The molecule has 0 aliphatic carbocycles. The normalized spacial score (nSPS) is 13.8. The number of sulfonamides is 1. The van der Waals surface area contributed by atoms with Crippen molar-refractivity contribution < 1.29 is 31.1 Å². The molecule has 1 unspecified atom stereocenters. The van der Waals surface area contributed by atoms with E-state index in [-0.39, 0.29) is 25.4 Å². The Bertz CT molecular complexity index is 1280. The first kappa shape index (κ1) is 23.3. The van der Waals surface area contributed by atoms with Crippen molar-refractivity contribution in [2.75, 3.05) is 12.3 Å². The van der Waals surface area contributed by atoms with Crippen LogP contribution in [0.2, 0.25) is 0 Å². The lowest BCUT2D eigenvalue weighted by molar-refractivity contribution is -0.130. The van der Waals surface area contributed by atoms with Crippen molar-refractivity contribution in [3.63, 3.8) is 0 Å². The lowest BCUT2D eigenvalue weighted by Crippen LogP contribution is -2.40. The van der Waals surface area contributed by atoms with Crippen LogP contribution in [0.5, 0.6) is 0 Å². The minimum atomic E-state index is -4.61. The van der Waals surface area contributed by atoms with E-state index in [2.05, 4.69) is 0 Å².